The molecule has 3 nitrogen and oxygen atoms in total. The number of aromatic hydroxyl groups is 2. The number of phenols is 2. The molecule has 1 aromatic rings. The zero-order valence-electron chi connectivity index (χ0n) is 8.44. The van der Waals surface area contributed by atoms with Gasteiger partial charge in [-0.2, -0.15) is 0 Å². The topological polar surface area (TPSA) is 52.5 Å². The van der Waals surface area contributed by atoms with Crippen LogP contribution in [-0.2, 0) is 0 Å². The molecule has 0 bridgehead atoms. The average molecular weight is 230 g/mol. The van der Waals surface area contributed by atoms with Gasteiger partial charge in [0.25, 0.3) is 0 Å². The van der Waals surface area contributed by atoms with Crippen molar-refractivity contribution in [1.29, 1.82) is 0 Å². The molecular formula is C11H16ClNO2. The van der Waals surface area contributed by atoms with Gasteiger partial charge in [-0.05, 0) is 25.5 Å². The second kappa shape index (κ2) is 5.24. The molecule has 1 fully saturated rings. The van der Waals surface area contributed by atoms with Crippen molar-refractivity contribution in [3.8, 4) is 11.5 Å². The maximum Gasteiger partial charge on any atom is 0.162 e. The highest BCUT2D eigenvalue weighted by Crippen LogP contribution is 2.35. The van der Waals surface area contributed by atoms with Gasteiger partial charge in [-0.15, -0.1) is 12.4 Å². The Morgan fingerprint density at radius 2 is 2.00 bits per heavy atom. The Morgan fingerprint density at radius 3 is 2.67 bits per heavy atom. The highest BCUT2D eigenvalue weighted by Gasteiger charge is 2.18. The van der Waals surface area contributed by atoms with Gasteiger partial charge in [-0.1, -0.05) is 18.6 Å². The van der Waals surface area contributed by atoms with E-state index in [1.807, 2.05) is 6.07 Å². The fraction of sp³-hybridized carbons (Fsp3) is 0.455. The number of phenolic OH excluding ortho intramolecular Hbond substituents is 2. The third kappa shape index (κ3) is 2.55. The number of rotatable bonds is 1. The Bertz CT molecular complexity index is 324. The van der Waals surface area contributed by atoms with Crippen molar-refractivity contribution in [2.24, 2.45) is 0 Å². The summed E-state index contributed by atoms with van der Waals surface area (Å²) in [6.07, 6.45) is 3.39. The van der Waals surface area contributed by atoms with Gasteiger partial charge >= 0.3 is 0 Å². The lowest BCUT2D eigenvalue weighted by Gasteiger charge is -2.24. The lowest BCUT2D eigenvalue weighted by atomic mass is 9.96. The molecule has 0 aromatic heterocycles. The van der Waals surface area contributed by atoms with E-state index in [1.165, 1.54) is 18.9 Å². The lowest BCUT2D eigenvalue weighted by molar-refractivity contribution is 0.369. The smallest absolute Gasteiger partial charge is 0.162 e. The molecule has 0 spiro atoms. The lowest BCUT2D eigenvalue weighted by Crippen LogP contribution is -2.26. The van der Waals surface area contributed by atoms with Crippen LogP contribution in [0.5, 0.6) is 11.5 Å². The van der Waals surface area contributed by atoms with E-state index in [1.54, 1.807) is 6.07 Å². The molecule has 0 radical (unpaired) electrons. The molecule has 1 atom stereocenters. The first-order chi connectivity index (χ1) is 6.79. The summed E-state index contributed by atoms with van der Waals surface area (Å²) in [6.45, 7) is 0.986. The summed E-state index contributed by atoms with van der Waals surface area (Å²) in [6, 6.07) is 5.32. The van der Waals surface area contributed by atoms with Crippen molar-refractivity contribution >= 4 is 12.4 Å². The van der Waals surface area contributed by atoms with Gasteiger partial charge in [0.05, 0.1) is 0 Å². The van der Waals surface area contributed by atoms with E-state index in [4.69, 9.17) is 0 Å². The maximum absolute atomic E-state index is 9.66. The van der Waals surface area contributed by atoms with E-state index >= 15 is 0 Å². The molecule has 1 aliphatic rings. The number of piperidine rings is 1. The molecule has 0 aliphatic carbocycles. The number of hydrogen-bond donors (Lipinski definition) is 3. The second-order valence-corrected chi connectivity index (χ2v) is 3.72. The molecule has 1 saturated heterocycles. The summed E-state index contributed by atoms with van der Waals surface area (Å²) < 4.78 is 0. The van der Waals surface area contributed by atoms with E-state index in [2.05, 4.69) is 5.32 Å². The number of benzene rings is 1. The third-order valence-corrected chi connectivity index (χ3v) is 2.73. The largest absolute Gasteiger partial charge is 0.504 e. The van der Waals surface area contributed by atoms with Crippen LogP contribution in [0.15, 0.2) is 18.2 Å². The van der Waals surface area contributed by atoms with Crippen molar-refractivity contribution in [3.05, 3.63) is 23.8 Å². The first-order valence-electron chi connectivity index (χ1n) is 5.03. The first-order valence-corrected chi connectivity index (χ1v) is 5.03. The van der Waals surface area contributed by atoms with Crippen LogP contribution in [0.25, 0.3) is 0 Å². The van der Waals surface area contributed by atoms with E-state index in [-0.39, 0.29) is 29.9 Å². The van der Waals surface area contributed by atoms with E-state index in [0.29, 0.717) is 0 Å². The molecular weight excluding hydrogens is 214 g/mol. The normalized spacial score (nSPS) is 20.7. The Kier molecular flexibility index (Phi) is 4.24. The van der Waals surface area contributed by atoms with E-state index in [9.17, 15) is 10.2 Å². The van der Waals surface area contributed by atoms with Gasteiger partial charge in [-0.3, -0.25) is 0 Å². The molecule has 84 valence electrons. The van der Waals surface area contributed by atoms with Crippen LogP contribution in [0.3, 0.4) is 0 Å². The van der Waals surface area contributed by atoms with Crippen LogP contribution in [0.1, 0.15) is 30.9 Å². The average Bonchev–Trinajstić information content (AvgIpc) is 2.23. The third-order valence-electron chi connectivity index (χ3n) is 2.73. The molecule has 15 heavy (non-hydrogen) atoms. The molecule has 1 aromatic carbocycles. The summed E-state index contributed by atoms with van der Waals surface area (Å²) in [5.41, 5.74) is 0.810. The number of nitrogens with one attached hydrogen (secondary N) is 1. The van der Waals surface area contributed by atoms with Crippen molar-refractivity contribution in [2.45, 2.75) is 25.3 Å². The van der Waals surface area contributed by atoms with Gasteiger partial charge in [-0.25, -0.2) is 0 Å². The Morgan fingerprint density at radius 1 is 1.20 bits per heavy atom. The fourth-order valence-corrected chi connectivity index (χ4v) is 1.95. The molecule has 2 rings (SSSR count). The molecule has 0 unspecified atom stereocenters. The zero-order valence-corrected chi connectivity index (χ0v) is 9.26. The Hall–Kier alpha value is -0.930. The quantitative estimate of drug-likeness (QED) is 0.648. The van der Waals surface area contributed by atoms with E-state index in [0.717, 1.165) is 18.5 Å². The molecule has 4 heteroatoms. The molecule has 1 aliphatic heterocycles. The maximum atomic E-state index is 9.66. The molecule has 3 N–H and O–H groups in total. The minimum absolute atomic E-state index is 0. The van der Waals surface area contributed by atoms with Crippen molar-refractivity contribution in [2.75, 3.05) is 6.54 Å². The minimum atomic E-state index is -0.0325. The summed E-state index contributed by atoms with van der Waals surface area (Å²) in [5.74, 6) is -0.0122. The van der Waals surface area contributed by atoms with Gasteiger partial charge < -0.3 is 15.5 Å². The number of halogens is 1. The van der Waals surface area contributed by atoms with Crippen LogP contribution < -0.4 is 5.32 Å². The van der Waals surface area contributed by atoms with Gasteiger partial charge in [0.2, 0.25) is 0 Å². The predicted molar refractivity (Wildman–Crippen MR) is 61.6 cm³/mol. The Labute approximate surface area is 95.5 Å². The molecule has 0 amide bonds. The molecule has 0 saturated carbocycles. The number of para-hydroxylation sites is 1. The van der Waals surface area contributed by atoms with Crippen LogP contribution >= 0.6 is 12.4 Å². The monoisotopic (exact) mass is 229 g/mol. The van der Waals surface area contributed by atoms with Crippen LogP contribution in [0.2, 0.25) is 0 Å². The van der Waals surface area contributed by atoms with E-state index < -0.39 is 0 Å². The first kappa shape index (κ1) is 12.1. The van der Waals surface area contributed by atoms with Gasteiger partial charge in [0.1, 0.15) is 0 Å². The summed E-state index contributed by atoms with van der Waals surface area (Å²) >= 11 is 0. The SMILES string of the molecule is Cl.Oc1cccc([C@H]2CCCCN2)c1O. The van der Waals surface area contributed by atoms with Crippen molar-refractivity contribution < 1.29 is 10.2 Å². The summed E-state index contributed by atoms with van der Waals surface area (Å²) in [5, 5.41) is 22.3. The number of hydrogen-bond acceptors (Lipinski definition) is 3. The Balaban J connectivity index is 0.00000112. The van der Waals surface area contributed by atoms with Crippen LogP contribution in [-0.4, -0.2) is 16.8 Å². The fourth-order valence-electron chi connectivity index (χ4n) is 1.95. The van der Waals surface area contributed by atoms with Crippen molar-refractivity contribution in [1.82, 2.24) is 5.32 Å². The predicted octanol–water partition coefficient (Wildman–Crippen LogP) is 2.33. The highest BCUT2D eigenvalue weighted by molar-refractivity contribution is 5.85. The molecule has 1 heterocycles. The van der Waals surface area contributed by atoms with Crippen LogP contribution in [0.4, 0.5) is 0 Å². The van der Waals surface area contributed by atoms with Crippen LogP contribution in [0, 0.1) is 0 Å². The highest BCUT2D eigenvalue weighted by atomic mass is 35.5. The second-order valence-electron chi connectivity index (χ2n) is 3.72. The van der Waals surface area contributed by atoms with Gasteiger partial charge in [0.15, 0.2) is 11.5 Å². The summed E-state index contributed by atoms with van der Waals surface area (Å²) in [7, 11) is 0. The minimum Gasteiger partial charge on any atom is -0.504 e. The standard InChI is InChI=1S/C11H15NO2.ClH/c13-10-6-3-4-8(11(10)14)9-5-1-2-7-12-9;/h3-4,6,9,12-14H,1-2,5,7H2;1H/t9-;/m1./s1. The summed E-state index contributed by atoms with van der Waals surface area (Å²) in [4.78, 5) is 0. The van der Waals surface area contributed by atoms with Gasteiger partial charge in [0, 0.05) is 11.6 Å². The van der Waals surface area contributed by atoms with Crippen molar-refractivity contribution in [3.63, 3.8) is 0 Å². The zero-order chi connectivity index (χ0) is 9.97.